The van der Waals surface area contributed by atoms with Crippen LogP contribution in [0.1, 0.15) is 83.1 Å². The van der Waals surface area contributed by atoms with Crippen LogP contribution in [-0.4, -0.2) is 0 Å². The van der Waals surface area contributed by atoms with Gasteiger partial charge in [-0.1, -0.05) is 95.0 Å². The van der Waals surface area contributed by atoms with E-state index in [-0.39, 0.29) is 0 Å². The molecule has 1 aromatic carbocycles. The highest BCUT2D eigenvalue weighted by atomic mass is 14.9. The van der Waals surface area contributed by atoms with Crippen LogP contribution in [0.5, 0.6) is 0 Å². The summed E-state index contributed by atoms with van der Waals surface area (Å²) in [6, 6.07) is 10.1. The Morgan fingerprint density at radius 3 is 1.71 bits per heavy atom. The largest absolute Gasteiger partial charge is 0.310 e. The standard InChI is InChI=1S/C19H34N2/c1-2-3-4-5-6-7-8-9-10-14-17-19(20,21)18-15-12-11-13-16-18/h11-13,15-16H,2-10,14,17,20-21H2,1H3. The number of nitrogens with two attached hydrogens (primary N) is 2. The van der Waals surface area contributed by atoms with Crippen molar-refractivity contribution in [3.05, 3.63) is 35.9 Å². The quantitative estimate of drug-likeness (QED) is 0.417. The van der Waals surface area contributed by atoms with E-state index in [1.165, 1.54) is 57.8 Å². The Bertz CT molecular complexity index is 346. The molecule has 0 aromatic heterocycles. The first-order valence-electron chi connectivity index (χ1n) is 8.80. The molecule has 0 aliphatic carbocycles. The molecule has 0 aliphatic rings. The van der Waals surface area contributed by atoms with Gasteiger partial charge in [0.2, 0.25) is 0 Å². The molecule has 0 heterocycles. The Morgan fingerprint density at radius 2 is 1.19 bits per heavy atom. The highest BCUT2D eigenvalue weighted by Crippen LogP contribution is 2.20. The van der Waals surface area contributed by atoms with Gasteiger partial charge in [0.1, 0.15) is 0 Å². The molecule has 2 nitrogen and oxygen atoms in total. The first kappa shape index (κ1) is 18.2. The predicted octanol–water partition coefficient (Wildman–Crippen LogP) is 5.07. The van der Waals surface area contributed by atoms with Crippen LogP contribution in [0.25, 0.3) is 0 Å². The van der Waals surface area contributed by atoms with Gasteiger partial charge in [-0.2, -0.15) is 0 Å². The molecule has 0 saturated heterocycles. The van der Waals surface area contributed by atoms with E-state index in [1.54, 1.807) is 0 Å². The molecule has 1 rings (SSSR count). The SMILES string of the molecule is CCCCCCCCCCCCC(N)(N)c1ccccc1. The highest BCUT2D eigenvalue weighted by molar-refractivity contribution is 5.22. The molecule has 0 bridgehead atoms. The molecular weight excluding hydrogens is 256 g/mol. The van der Waals surface area contributed by atoms with E-state index in [2.05, 4.69) is 6.92 Å². The fourth-order valence-electron chi connectivity index (χ4n) is 2.80. The Morgan fingerprint density at radius 1 is 0.714 bits per heavy atom. The lowest BCUT2D eigenvalue weighted by atomic mass is 9.94. The summed E-state index contributed by atoms with van der Waals surface area (Å²) in [5.41, 5.74) is 12.8. The van der Waals surface area contributed by atoms with Crippen LogP contribution in [0.3, 0.4) is 0 Å². The summed E-state index contributed by atoms with van der Waals surface area (Å²) in [6.45, 7) is 2.27. The van der Waals surface area contributed by atoms with E-state index in [0.717, 1.165) is 18.4 Å². The van der Waals surface area contributed by atoms with Crippen molar-refractivity contribution in [3.8, 4) is 0 Å². The maximum atomic E-state index is 6.22. The monoisotopic (exact) mass is 290 g/mol. The van der Waals surface area contributed by atoms with Crippen molar-refractivity contribution in [1.29, 1.82) is 0 Å². The predicted molar refractivity (Wildman–Crippen MR) is 93.0 cm³/mol. The van der Waals surface area contributed by atoms with Crippen molar-refractivity contribution in [2.45, 2.75) is 83.2 Å². The van der Waals surface area contributed by atoms with E-state index in [1.807, 2.05) is 30.3 Å². The maximum absolute atomic E-state index is 6.22. The van der Waals surface area contributed by atoms with Gasteiger partial charge in [-0.25, -0.2) is 0 Å². The van der Waals surface area contributed by atoms with Crippen molar-refractivity contribution in [3.63, 3.8) is 0 Å². The van der Waals surface area contributed by atoms with Gasteiger partial charge in [0.25, 0.3) is 0 Å². The molecule has 0 unspecified atom stereocenters. The van der Waals surface area contributed by atoms with Crippen LogP contribution in [0, 0.1) is 0 Å². The minimum Gasteiger partial charge on any atom is -0.310 e. The van der Waals surface area contributed by atoms with Gasteiger partial charge in [0.05, 0.1) is 5.66 Å². The fourth-order valence-corrected chi connectivity index (χ4v) is 2.80. The van der Waals surface area contributed by atoms with E-state index in [0.29, 0.717) is 0 Å². The van der Waals surface area contributed by atoms with Gasteiger partial charge < -0.3 is 11.5 Å². The van der Waals surface area contributed by atoms with E-state index in [9.17, 15) is 0 Å². The van der Waals surface area contributed by atoms with Crippen LogP contribution < -0.4 is 11.5 Å². The topological polar surface area (TPSA) is 52.0 Å². The minimum atomic E-state index is -0.665. The van der Waals surface area contributed by atoms with Crippen LogP contribution in [0.15, 0.2) is 30.3 Å². The average Bonchev–Trinajstić information content (AvgIpc) is 2.50. The molecule has 0 fully saturated rings. The van der Waals surface area contributed by atoms with E-state index in [4.69, 9.17) is 11.5 Å². The molecule has 0 aliphatic heterocycles. The lowest BCUT2D eigenvalue weighted by Crippen LogP contribution is -2.45. The lowest BCUT2D eigenvalue weighted by molar-refractivity contribution is 0.399. The highest BCUT2D eigenvalue weighted by Gasteiger charge is 2.20. The summed E-state index contributed by atoms with van der Waals surface area (Å²) in [6.07, 6.45) is 14.3. The zero-order valence-corrected chi connectivity index (χ0v) is 13.8. The Hall–Kier alpha value is -0.860. The number of rotatable bonds is 12. The first-order valence-corrected chi connectivity index (χ1v) is 8.80. The summed E-state index contributed by atoms with van der Waals surface area (Å²) in [7, 11) is 0. The summed E-state index contributed by atoms with van der Waals surface area (Å²) in [4.78, 5) is 0. The van der Waals surface area contributed by atoms with Crippen LogP contribution in [0.4, 0.5) is 0 Å². The zero-order chi connectivity index (χ0) is 15.4. The molecule has 4 N–H and O–H groups in total. The number of hydrogen-bond acceptors (Lipinski definition) is 2. The third-order valence-corrected chi connectivity index (χ3v) is 4.26. The summed E-state index contributed by atoms with van der Waals surface area (Å²) < 4.78 is 0. The second kappa shape index (κ2) is 10.8. The summed E-state index contributed by atoms with van der Waals surface area (Å²) in [5.74, 6) is 0. The Labute approximate surface area is 131 Å². The Kier molecular flexibility index (Phi) is 9.36. The minimum absolute atomic E-state index is 0.665. The van der Waals surface area contributed by atoms with E-state index >= 15 is 0 Å². The smallest absolute Gasteiger partial charge is 0.0899 e. The Balaban J connectivity index is 2.01. The molecule has 0 radical (unpaired) electrons. The van der Waals surface area contributed by atoms with Gasteiger partial charge in [0, 0.05) is 0 Å². The molecular formula is C19H34N2. The maximum Gasteiger partial charge on any atom is 0.0899 e. The number of benzene rings is 1. The van der Waals surface area contributed by atoms with Gasteiger partial charge in [-0.15, -0.1) is 0 Å². The van der Waals surface area contributed by atoms with Gasteiger partial charge in [0.15, 0.2) is 0 Å². The van der Waals surface area contributed by atoms with Gasteiger partial charge >= 0.3 is 0 Å². The fraction of sp³-hybridized carbons (Fsp3) is 0.684. The molecule has 2 heteroatoms. The normalized spacial score (nSPS) is 11.8. The van der Waals surface area contributed by atoms with Crippen molar-refractivity contribution < 1.29 is 0 Å². The lowest BCUT2D eigenvalue weighted by Gasteiger charge is -2.25. The molecule has 0 saturated carbocycles. The second-order valence-electron chi connectivity index (χ2n) is 6.34. The molecule has 120 valence electrons. The molecule has 21 heavy (non-hydrogen) atoms. The van der Waals surface area contributed by atoms with Crippen LogP contribution >= 0.6 is 0 Å². The van der Waals surface area contributed by atoms with Crippen molar-refractivity contribution in [2.75, 3.05) is 0 Å². The van der Waals surface area contributed by atoms with E-state index < -0.39 is 5.66 Å². The molecule has 0 atom stereocenters. The summed E-state index contributed by atoms with van der Waals surface area (Å²) >= 11 is 0. The molecule has 0 spiro atoms. The van der Waals surface area contributed by atoms with Gasteiger partial charge in [-0.05, 0) is 18.4 Å². The van der Waals surface area contributed by atoms with Crippen LogP contribution in [0.2, 0.25) is 0 Å². The van der Waals surface area contributed by atoms with Crippen molar-refractivity contribution >= 4 is 0 Å². The van der Waals surface area contributed by atoms with Gasteiger partial charge in [-0.3, -0.25) is 0 Å². The third kappa shape index (κ3) is 8.23. The molecule has 0 amide bonds. The number of unbranched alkanes of at least 4 members (excludes halogenated alkanes) is 9. The van der Waals surface area contributed by atoms with Crippen molar-refractivity contribution in [2.24, 2.45) is 11.5 Å². The molecule has 1 aromatic rings. The first-order chi connectivity index (χ1) is 10.2. The second-order valence-corrected chi connectivity index (χ2v) is 6.34. The third-order valence-electron chi connectivity index (χ3n) is 4.26. The number of hydrogen-bond donors (Lipinski definition) is 2. The summed E-state index contributed by atoms with van der Waals surface area (Å²) in [5, 5.41) is 0. The van der Waals surface area contributed by atoms with Crippen LogP contribution in [-0.2, 0) is 5.66 Å². The zero-order valence-electron chi connectivity index (χ0n) is 13.8. The average molecular weight is 290 g/mol. The van der Waals surface area contributed by atoms with Crippen molar-refractivity contribution in [1.82, 2.24) is 0 Å².